The van der Waals surface area contributed by atoms with Crippen molar-refractivity contribution in [1.82, 2.24) is 10.2 Å². The molecule has 0 radical (unpaired) electrons. The molecule has 1 amide bonds. The van der Waals surface area contributed by atoms with Crippen LogP contribution in [-0.4, -0.2) is 48.9 Å². The third-order valence-electron chi connectivity index (χ3n) is 8.92. The number of halogens is 1. The molecule has 1 saturated heterocycles. The van der Waals surface area contributed by atoms with Crippen LogP contribution in [0, 0.1) is 24.2 Å². The number of hydrogen-bond acceptors (Lipinski definition) is 6. The lowest BCUT2D eigenvalue weighted by atomic mass is 9.89. The normalized spacial score (nSPS) is 20.4. The van der Waals surface area contributed by atoms with Gasteiger partial charge in [0, 0.05) is 74.5 Å². The lowest BCUT2D eigenvalue weighted by Gasteiger charge is -2.36. The van der Waals surface area contributed by atoms with Crippen molar-refractivity contribution in [3.63, 3.8) is 0 Å². The number of nitrogens with one attached hydrogen (secondary N) is 1. The smallest absolute Gasteiger partial charge is 0.251 e. The molecule has 0 aromatic heterocycles. The van der Waals surface area contributed by atoms with Gasteiger partial charge in [-0.2, -0.15) is 5.26 Å². The maximum Gasteiger partial charge on any atom is 0.251 e. The van der Waals surface area contributed by atoms with Gasteiger partial charge in [0.25, 0.3) is 5.91 Å². The number of hydrogen-bond donors (Lipinski definition) is 1. The van der Waals surface area contributed by atoms with Crippen molar-refractivity contribution in [2.75, 3.05) is 24.5 Å². The Labute approximate surface area is 252 Å². The Hall–Kier alpha value is -3.86. The standard InChI is InChI=1S/C34H35ClN4O3/c1-22-12-26-19-38(20-27(26)13-28(22)21-40)18-23-8-10-39(11-9-23)30-5-2-24(3-6-30)34(41)37-29-14-32(15-29)42-31-7-4-25(17-36)33(35)16-31/h2-7,12-13,16,21,23,29,32H,8-11,14-15,18-20H2,1H3,(H,37,41). The summed E-state index contributed by atoms with van der Waals surface area (Å²) < 4.78 is 5.94. The molecule has 1 N–H and O–H groups in total. The number of ether oxygens (including phenoxy) is 1. The van der Waals surface area contributed by atoms with E-state index in [1.807, 2.05) is 25.1 Å². The molecule has 6 rings (SSSR count). The van der Waals surface area contributed by atoms with Crippen LogP contribution in [0.4, 0.5) is 5.69 Å². The van der Waals surface area contributed by atoms with Gasteiger partial charge < -0.3 is 15.0 Å². The van der Waals surface area contributed by atoms with Crippen LogP contribution >= 0.6 is 11.6 Å². The summed E-state index contributed by atoms with van der Waals surface area (Å²) in [7, 11) is 0. The van der Waals surface area contributed by atoms with Crippen molar-refractivity contribution in [2.24, 2.45) is 5.92 Å². The molecule has 2 aliphatic heterocycles. The largest absolute Gasteiger partial charge is 0.490 e. The molecule has 216 valence electrons. The van der Waals surface area contributed by atoms with Crippen molar-refractivity contribution >= 4 is 29.5 Å². The fourth-order valence-corrected chi connectivity index (χ4v) is 6.60. The van der Waals surface area contributed by atoms with Crippen molar-refractivity contribution in [3.05, 3.63) is 93.0 Å². The van der Waals surface area contributed by atoms with Crippen LogP contribution in [0.2, 0.25) is 5.02 Å². The third kappa shape index (κ3) is 6.16. The van der Waals surface area contributed by atoms with Gasteiger partial charge in [-0.1, -0.05) is 17.7 Å². The first-order valence-electron chi connectivity index (χ1n) is 14.7. The highest BCUT2D eigenvalue weighted by atomic mass is 35.5. The van der Waals surface area contributed by atoms with Gasteiger partial charge >= 0.3 is 0 Å². The van der Waals surface area contributed by atoms with Crippen LogP contribution in [0.15, 0.2) is 54.6 Å². The highest BCUT2D eigenvalue weighted by Gasteiger charge is 2.32. The van der Waals surface area contributed by atoms with Crippen molar-refractivity contribution < 1.29 is 14.3 Å². The number of rotatable bonds is 8. The number of aryl methyl sites for hydroxylation is 1. The van der Waals surface area contributed by atoms with E-state index in [0.29, 0.717) is 27.8 Å². The van der Waals surface area contributed by atoms with Crippen LogP contribution in [0.3, 0.4) is 0 Å². The zero-order valence-corrected chi connectivity index (χ0v) is 24.6. The number of piperidine rings is 1. The van der Waals surface area contributed by atoms with E-state index in [0.717, 1.165) is 81.5 Å². The van der Waals surface area contributed by atoms with E-state index >= 15 is 0 Å². The average Bonchev–Trinajstić information content (AvgIpc) is 3.36. The van der Waals surface area contributed by atoms with E-state index in [4.69, 9.17) is 21.6 Å². The van der Waals surface area contributed by atoms with Crippen molar-refractivity contribution in [3.8, 4) is 11.8 Å². The Morgan fingerprint density at radius 2 is 1.79 bits per heavy atom. The first-order chi connectivity index (χ1) is 20.4. The minimum absolute atomic E-state index is 0.0184. The SMILES string of the molecule is Cc1cc2c(cc1C=O)CN(CC1CCN(c3ccc(C(=O)NC4CC(Oc5ccc(C#N)c(Cl)c5)C4)cc3)CC1)C2. The van der Waals surface area contributed by atoms with Crippen LogP contribution < -0.4 is 15.0 Å². The van der Waals surface area contributed by atoms with E-state index in [1.165, 1.54) is 11.1 Å². The van der Waals surface area contributed by atoms with Gasteiger partial charge in [-0.05, 0) is 84.8 Å². The van der Waals surface area contributed by atoms with Gasteiger partial charge in [0.1, 0.15) is 24.2 Å². The Kier molecular flexibility index (Phi) is 8.19. The van der Waals surface area contributed by atoms with Gasteiger partial charge in [-0.15, -0.1) is 0 Å². The van der Waals surface area contributed by atoms with Gasteiger partial charge in [0.15, 0.2) is 0 Å². The lowest BCUT2D eigenvalue weighted by Crippen LogP contribution is -2.49. The molecule has 8 heteroatoms. The molecule has 0 bridgehead atoms. The van der Waals surface area contributed by atoms with Crippen LogP contribution in [0.1, 0.15) is 68.7 Å². The summed E-state index contributed by atoms with van der Waals surface area (Å²) in [6.45, 7) is 7.03. The molecule has 2 fully saturated rings. The van der Waals surface area contributed by atoms with E-state index < -0.39 is 0 Å². The molecule has 3 aromatic carbocycles. The summed E-state index contributed by atoms with van der Waals surface area (Å²) in [6, 6.07) is 19.4. The molecule has 0 atom stereocenters. The summed E-state index contributed by atoms with van der Waals surface area (Å²) >= 11 is 6.09. The predicted molar refractivity (Wildman–Crippen MR) is 163 cm³/mol. The fourth-order valence-electron chi connectivity index (χ4n) is 6.38. The first kappa shape index (κ1) is 28.3. The number of fused-ring (bicyclic) bond motifs is 1. The highest BCUT2D eigenvalue weighted by molar-refractivity contribution is 6.31. The zero-order chi connectivity index (χ0) is 29.2. The van der Waals surface area contributed by atoms with Gasteiger partial charge in [0.05, 0.1) is 10.6 Å². The van der Waals surface area contributed by atoms with Crippen LogP contribution in [0.25, 0.3) is 0 Å². The van der Waals surface area contributed by atoms with E-state index in [-0.39, 0.29) is 18.1 Å². The third-order valence-corrected chi connectivity index (χ3v) is 9.24. The lowest BCUT2D eigenvalue weighted by molar-refractivity contribution is 0.0701. The summed E-state index contributed by atoms with van der Waals surface area (Å²) in [5.74, 6) is 1.24. The molecule has 0 unspecified atom stereocenters. The molecule has 1 aliphatic carbocycles. The first-order valence-corrected chi connectivity index (χ1v) is 15.1. The summed E-state index contributed by atoms with van der Waals surface area (Å²) in [5, 5.41) is 12.5. The summed E-state index contributed by atoms with van der Waals surface area (Å²) in [4.78, 5) is 29.1. The Morgan fingerprint density at radius 1 is 1.07 bits per heavy atom. The molecule has 7 nitrogen and oxygen atoms in total. The average molecular weight is 583 g/mol. The zero-order valence-electron chi connectivity index (χ0n) is 23.8. The fraction of sp³-hybridized carbons (Fsp3) is 0.382. The van der Waals surface area contributed by atoms with Gasteiger partial charge in [0.2, 0.25) is 0 Å². The highest BCUT2D eigenvalue weighted by Crippen LogP contribution is 2.31. The number of anilines is 1. The Balaban J connectivity index is 0.930. The number of carbonyl (C=O) groups is 2. The van der Waals surface area contributed by atoms with Gasteiger partial charge in [-0.3, -0.25) is 14.5 Å². The number of nitrogens with zero attached hydrogens (tertiary/aromatic N) is 3. The second kappa shape index (κ2) is 12.2. The summed E-state index contributed by atoms with van der Waals surface area (Å²) in [6.07, 6.45) is 4.74. The maximum atomic E-state index is 12.8. The minimum atomic E-state index is -0.0628. The molecule has 42 heavy (non-hydrogen) atoms. The number of amides is 1. The molecule has 0 spiro atoms. The predicted octanol–water partition coefficient (Wildman–Crippen LogP) is 5.90. The van der Waals surface area contributed by atoms with E-state index in [1.54, 1.807) is 18.2 Å². The quantitative estimate of drug-likeness (QED) is 0.333. The second-order valence-corrected chi connectivity index (χ2v) is 12.3. The van der Waals surface area contributed by atoms with E-state index in [9.17, 15) is 9.59 Å². The molecular formula is C34H35ClN4O3. The van der Waals surface area contributed by atoms with Crippen LogP contribution in [0.5, 0.6) is 5.75 Å². The summed E-state index contributed by atoms with van der Waals surface area (Å²) in [5.41, 5.74) is 6.78. The molecular weight excluding hydrogens is 548 g/mol. The Bertz CT molecular complexity index is 1520. The van der Waals surface area contributed by atoms with E-state index in [2.05, 4.69) is 39.4 Å². The van der Waals surface area contributed by atoms with Crippen LogP contribution in [-0.2, 0) is 13.1 Å². The van der Waals surface area contributed by atoms with Crippen molar-refractivity contribution in [2.45, 2.75) is 57.8 Å². The monoisotopic (exact) mass is 582 g/mol. The number of benzene rings is 3. The Morgan fingerprint density at radius 3 is 2.45 bits per heavy atom. The molecule has 1 saturated carbocycles. The molecule has 3 aliphatic rings. The topological polar surface area (TPSA) is 85.7 Å². The minimum Gasteiger partial charge on any atom is -0.490 e. The number of nitriles is 1. The number of carbonyl (C=O) groups excluding carboxylic acids is 2. The van der Waals surface area contributed by atoms with Crippen molar-refractivity contribution in [1.29, 1.82) is 5.26 Å². The second-order valence-electron chi connectivity index (χ2n) is 11.9. The molecule has 2 heterocycles. The maximum absolute atomic E-state index is 12.8. The van der Waals surface area contributed by atoms with Gasteiger partial charge in [-0.25, -0.2) is 0 Å². The number of aldehydes is 1. The molecule has 3 aromatic rings.